The third-order valence-corrected chi connectivity index (χ3v) is 6.53. The van der Waals surface area contributed by atoms with Gasteiger partial charge in [-0.25, -0.2) is 19.5 Å². The summed E-state index contributed by atoms with van der Waals surface area (Å²) in [7, 11) is 0. The summed E-state index contributed by atoms with van der Waals surface area (Å²) in [5.74, 6) is 1.86. The highest BCUT2D eigenvalue weighted by Gasteiger charge is 2.42. The number of aromatic nitrogens is 5. The molecule has 1 aliphatic rings. The molecule has 132 valence electrons. The molecule has 6 heteroatoms. The first-order valence-corrected chi connectivity index (χ1v) is 9.97. The first-order chi connectivity index (χ1) is 13.2. The van der Waals surface area contributed by atoms with Crippen molar-refractivity contribution in [1.82, 2.24) is 24.6 Å². The van der Waals surface area contributed by atoms with Crippen LogP contribution in [0.4, 0.5) is 0 Å². The zero-order chi connectivity index (χ0) is 18.1. The molecule has 0 spiro atoms. The van der Waals surface area contributed by atoms with Gasteiger partial charge in [0, 0.05) is 17.0 Å². The van der Waals surface area contributed by atoms with Gasteiger partial charge in [-0.05, 0) is 43.4 Å². The fourth-order valence-corrected chi connectivity index (χ4v) is 5.32. The fourth-order valence-electron chi connectivity index (χ4n) is 4.09. The second-order valence-corrected chi connectivity index (χ2v) is 8.38. The maximum absolute atomic E-state index is 4.92. The third kappa shape index (κ3) is 2.23. The average molecular weight is 371 g/mol. The van der Waals surface area contributed by atoms with Gasteiger partial charge in [0.1, 0.15) is 15.9 Å². The van der Waals surface area contributed by atoms with Gasteiger partial charge in [-0.1, -0.05) is 30.3 Å². The van der Waals surface area contributed by atoms with E-state index in [2.05, 4.69) is 48.3 Å². The zero-order valence-corrected chi connectivity index (χ0v) is 15.9. The summed E-state index contributed by atoms with van der Waals surface area (Å²) >= 11 is 1.67. The Balaban J connectivity index is 1.50. The summed E-state index contributed by atoms with van der Waals surface area (Å²) < 4.78 is 2.90. The number of nitrogens with zero attached hydrogens (tertiary/aromatic N) is 5. The zero-order valence-electron chi connectivity index (χ0n) is 15.0. The molecule has 2 atom stereocenters. The van der Waals surface area contributed by atoms with Crippen molar-refractivity contribution in [3.05, 3.63) is 65.4 Å². The molecule has 1 aromatic carbocycles. The topological polar surface area (TPSA) is 56.0 Å². The molecule has 0 aliphatic heterocycles. The van der Waals surface area contributed by atoms with E-state index in [1.807, 2.05) is 11.4 Å². The lowest BCUT2D eigenvalue weighted by atomic mass is 10.1. The van der Waals surface area contributed by atoms with Crippen LogP contribution in [0.1, 0.15) is 40.9 Å². The Hall–Kier alpha value is -2.86. The Morgan fingerprint density at radius 2 is 1.93 bits per heavy atom. The molecular weight excluding hydrogens is 354 g/mol. The van der Waals surface area contributed by atoms with Crippen LogP contribution in [0.15, 0.2) is 42.7 Å². The molecule has 0 bridgehead atoms. The maximum Gasteiger partial charge on any atom is 0.176 e. The highest BCUT2D eigenvalue weighted by atomic mass is 32.1. The van der Waals surface area contributed by atoms with Crippen molar-refractivity contribution >= 4 is 37.4 Å². The standard InChI is InChI=1S/C21H17N5S/c1-11-8-12(2)23-21-16(11)17-18(27-21)20-24-19(25-26(20)10-22-17)15-9-14(15)13-6-4-3-5-7-13/h3-8,10,14-15H,9H2,1-2H3/t14-,15-/m1/s1. The molecule has 5 aromatic rings. The van der Waals surface area contributed by atoms with Gasteiger partial charge in [0.2, 0.25) is 0 Å². The highest BCUT2D eigenvalue weighted by Crippen LogP contribution is 2.53. The predicted octanol–water partition coefficient (Wildman–Crippen LogP) is 4.78. The Morgan fingerprint density at radius 3 is 2.78 bits per heavy atom. The molecule has 4 aromatic heterocycles. The number of hydrogen-bond acceptors (Lipinski definition) is 5. The quantitative estimate of drug-likeness (QED) is 0.448. The summed E-state index contributed by atoms with van der Waals surface area (Å²) in [5, 5.41) is 5.88. The van der Waals surface area contributed by atoms with Crippen molar-refractivity contribution in [2.75, 3.05) is 0 Å². The molecule has 5 nitrogen and oxygen atoms in total. The molecule has 4 heterocycles. The molecule has 6 rings (SSSR count). The van der Waals surface area contributed by atoms with E-state index < -0.39 is 0 Å². The molecule has 0 amide bonds. The summed E-state index contributed by atoms with van der Waals surface area (Å²) in [6.45, 7) is 4.16. The molecule has 0 N–H and O–H groups in total. The summed E-state index contributed by atoms with van der Waals surface area (Å²) in [6.07, 6.45) is 2.91. The van der Waals surface area contributed by atoms with Gasteiger partial charge in [0.25, 0.3) is 0 Å². The van der Waals surface area contributed by atoms with E-state index in [0.717, 1.165) is 44.0 Å². The van der Waals surface area contributed by atoms with Crippen LogP contribution in [0.5, 0.6) is 0 Å². The lowest BCUT2D eigenvalue weighted by Crippen LogP contribution is -1.91. The van der Waals surface area contributed by atoms with Gasteiger partial charge in [-0.3, -0.25) is 0 Å². The first-order valence-electron chi connectivity index (χ1n) is 9.16. The highest BCUT2D eigenvalue weighted by molar-refractivity contribution is 7.26. The van der Waals surface area contributed by atoms with Crippen molar-refractivity contribution in [2.24, 2.45) is 0 Å². The lowest BCUT2D eigenvalue weighted by Gasteiger charge is -1.98. The van der Waals surface area contributed by atoms with Crippen molar-refractivity contribution < 1.29 is 0 Å². The molecule has 0 saturated heterocycles. The van der Waals surface area contributed by atoms with Crippen molar-refractivity contribution in [2.45, 2.75) is 32.1 Å². The van der Waals surface area contributed by atoms with Crippen LogP contribution < -0.4 is 0 Å². The number of rotatable bonds is 2. The van der Waals surface area contributed by atoms with Gasteiger partial charge < -0.3 is 0 Å². The number of hydrogen-bond donors (Lipinski definition) is 0. The Labute approximate surface area is 159 Å². The largest absolute Gasteiger partial charge is 0.242 e. The van der Waals surface area contributed by atoms with Gasteiger partial charge in [0.15, 0.2) is 11.5 Å². The van der Waals surface area contributed by atoms with E-state index >= 15 is 0 Å². The van der Waals surface area contributed by atoms with E-state index in [1.165, 1.54) is 11.1 Å². The molecule has 1 fully saturated rings. The number of benzene rings is 1. The molecular formula is C21H17N5S. The Kier molecular flexibility index (Phi) is 3.00. The van der Waals surface area contributed by atoms with Gasteiger partial charge in [0.05, 0.1) is 5.52 Å². The van der Waals surface area contributed by atoms with Crippen LogP contribution in [0.2, 0.25) is 0 Å². The van der Waals surface area contributed by atoms with E-state index in [-0.39, 0.29) is 0 Å². The van der Waals surface area contributed by atoms with Gasteiger partial charge in [-0.15, -0.1) is 16.4 Å². The Morgan fingerprint density at radius 1 is 1.07 bits per heavy atom. The smallest absolute Gasteiger partial charge is 0.176 e. The predicted molar refractivity (Wildman–Crippen MR) is 107 cm³/mol. The molecule has 1 saturated carbocycles. The van der Waals surface area contributed by atoms with Crippen molar-refractivity contribution in [3.63, 3.8) is 0 Å². The third-order valence-electron chi connectivity index (χ3n) is 5.46. The normalized spacial score (nSPS) is 19.3. The fraction of sp³-hybridized carbons (Fsp3) is 0.238. The summed E-state index contributed by atoms with van der Waals surface area (Å²) in [6, 6.07) is 12.8. The monoisotopic (exact) mass is 371 g/mol. The van der Waals surface area contributed by atoms with Crippen LogP contribution in [-0.2, 0) is 0 Å². The van der Waals surface area contributed by atoms with E-state index in [9.17, 15) is 0 Å². The molecule has 1 aliphatic carbocycles. The lowest BCUT2D eigenvalue weighted by molar-refractivity contribution is 0.850. The average Bonchev–Trinajstić information content (AvgIpc) is 3.19. The van der Waals surface area contributed by atoms with Gasteiger partial charge in [-0.2, -0.15) is 0 Å². The van der Waals surface area contributed by atoms with Crippen LogP contribution in [0.3, 0.4) is 0 Å². The Bertz CT molecular complexity index is 1330. The first kappa shape index (κ1) is 15.2. The van der Waals surface area contributed by atoms with E-state index in [1.54, 1.807) is 17.7 Å². The van der Waals surface area contributed by atoms with Crippen molar-refractivity contribution in [3.8, 4) is 0 Å². The SMILES string of the molecule is Cc1cc(C)c2c(n1)sc1c2ncn2nc([C@@H]3C[C@@H]3c3ccccc3)nc12. The summed E-state index contributed by atoms with van der Waals surface area (Å²) in [4.78, 5) is 15.3. The second kappa shape index (κ2) is 5.33. The minimum Gasteiger partial charge on any atom is -0.242 e. The van der Waals surface area contributed by atoms with Crippen LogP contribution in [-0.4, -0.2) is 24.6 Å². The molecule has 27 heavy (non-hydrogen) atoms. The van der Waals surface area contributed by atoms with Crippen LogP contribution >= 0.6 is 11.3 Å². The van der Waals surface area contributed by atoms with E-state index in [4.69, 9.17) is 15.1 Å². The number of fused-ring (bicyclic) bond motifs is 5. The minimum atomic E-state index is 0.402. The number of pyridine rings is 1. The van der Waals surface area contributed by atoms with Crippen molar-refractivity contribution in [1.29, 1.82) is 0 Å². The molecule has 0 unspecified atom stereocenters. The van der Waals surface area contributed by atoms with Crippen LogP contribution in [0.25, 0.3) is 26.1 Å². The number of aryl methyl sites for hydroxylation is 2. The van der Waals surface area contributed by atoms with Crippen LogP contribution in [0, 0.1) is 13.8 Å². The van der Waals surface area contributed by atoms with Gasteiger partial charge >= 0.3 is 0 Å². The summed E-state index contributed by atoms with van der Waals surface area (Å²) in [5.41, 5.74) is 5.51. The number of thiophene rings is 1. The maximum atomic E-state index is 4.92. The minimum absolute atomic E-state index is 0.402. The van der Waals surface area contributed by atoms with E-state index in [0.29, 0.717) is 11.8 Å². The molecule has 0 radical (unpaired) electrons. The second-order valence-electron chi connectivity index (χ2n) is 7.38.